The highest BCUT2D eigenvalue weighted by molar-refractivity contribution is 7.99. The highest BCUT2D eigenvalue weighted by atomic mass is 32.2. The summed E-state index contributed by atoms with van der Waals surface area (Å²) >= 11 is 1.12. The monoisotopic (exact) mass is 352 g/mol. The standard InChI is InChI=1S/C17H15F3N2OS/c18-17(19,20)12-6-8-16(21-9-12)24-10-15(23)22-14-7-5-11-3-1-2-4-13(11)14/h1-4,6,8-9,14H,5,7,10H2,(H,22,23). The molecule has 1 heterocycles. The van der Waals surface area contributed by atoms with Gasteiger partial charge in [-0.2, -0.15) is 13.2 Å². The third-order valence-electron chi connectivity index (χ3n) is 3.88. The number of nitrogens with zero attached hydrogens (tertiary/aromatic N) is 1. The lowest BCUT2D eigenvalue weighted by molar-refractivity contribution is -0.137. The smallest absolute Gasteiger partial charge is 0.349 e. The predicted molar refractivity (Wildman–Crippen MR) is 85.6 cm³/mol. The van der Waals surface area contributed by atoms with Gasteiger partial charge in [0.25, 0.3) is 0 Å². The summed E-state index contributed by atoms with van der Waals surface area (Å²) in [6, 6.07) is 10.3. The Labute approximate surface area is 141 Å². The number of alkyl halides is 3. The Morgan fingerprint density at radius 2 is 2.04 bits per heavy atom. The molecule has 24 heavy (non-hydrogen) atoms. The van der Waals surface area contributed by atoms with Gasteiger partial charge in [0, 0.05) is 6.20 Å². The zero-order chi connectivity index (χ0) is 17.2. The second kappa shape index (κ2) is 6.84. The molecular weight excluding hydrogens is 337 g/mol. The first-order chi connectivity index (χ1) is 11.4. The van der Waals surface area contributed by atoms with Gasteiger partial charge in [0.2, 0.25) is 5.91 Å². The first kappa shape index (κ1) is 16.8. The number of aryl methyl sites for hydroxylation is 1. The molecule has 0 saturated heterocycles. The topological polar surface area (TPSA) is 42.0 Å². The van der Waals surface area contributed by atoms with Gasteiger partial charge in [-0.3, -0.25) is 4.79 Å². The van der Waals surface area contributed by atoms with Crippen molar-refractivity contribution in [2.45, 2.75) is 30.1 Å². The van der Waals surface area contributed by atoms with Crippen molar-refractivity contribution in [2.75, 3.05) is 5.75 Å². The fourth-order valence-electron chi connectivity index (χ4n) is 2.72. The van der Waals surface area contributed by atoms with Crippen molar-refractivity contribution in [3.63, 3.8) is 0 Å². The average Bonchev–Trinajstić information content (AvgIpc) is 2.96. The Hall–Kier alpha value is -2.02. The van der Waals surface area contributed by atoms with Gasteiger partial charge in [-0.25, -0.2) is 4.98 Å². The van der Waals surface area contributed by atoms with Crippen LogP contribution in [0, 0.1) is 0 Å². The highest BCUT2D eigenvalue weighted by Gasteiger charge is 2.30. The molecule has 3 nitrogen and oxygen atoms in total. The maximum atomic E-state index is 12.5. The summed E-state index contributed by atoms with van der Waals surface area (Å²) in [6.07, 6.45) is -1.81. The minimum Gasteiger partial charge on any atom is -0.349 e. The third kappa shape index (κ3) is 3.90. The summed E-state index contributed by atoms with van der Waals surface area (Å²) in [5, 5.41) is 3.37. The van der Waals surface area contributed by atoms with E-state index in [1.165, 1.54) is 11.6 Å². The number of fused-ring (bicyclic) bond motifs is 1. The van der Waals surface area contributed by atoms with E-state index in [-0.39, 0.29) is 17.7 Å². The van der Waals surface area contributed by atoms with Crippen LogP contribution < -0.4 is 5.32 Å². The number of carbonyl (C=O) groups excluding carboxylic acids is 1. The van der Waals surface area contributed by atoms with E-state index in [0.717, 1.165) is 42.4 Å². The van der Waals surface area contributed by atoms with E-state index in [1.54, 1.807) is 0 Å². The molecule has 126 valence electrons. The van der Waals surface area contributed by atoms with E-state index in [1.807, 2.05) is 18.2 Å². The molecule has 3 rings (SSSR count). The normalized spacial score (nSPS) is 16.7. The fraction of sp³-hybridized carbons (Fsp3) is 0.294. The van der Waals surface area contributed by atoms with Crippen molar-refractivity contribution in [2.24, 2.45) is 0 Å². The molecule has 1 aromatic carbocycles. The summed E-state index contributed by atoms with van der Waals surface area (Å²) in [4.78, 5) is 15.8. The number of pyridine rings is 1. The molecule has 1 amide bonds. The van der Waals surface area contributed by atoms with Gasteiger partial charge in [-0.05, 0) is 36.1 Å². The molecule has 1 aromatic heterocycles. The van der Waals surface area contributed by atoms with Gasteiger partial charge in [0.15, 0.2) is 0 Å². The van der Waals surface area contributed by atoms with Gasteiger partial charge in [0.1, 0.15) is 0 Å². The number of hydrogen-bond acceptors (Lipinski definition) is 3. The Morgan fingerprint density at radius 3 is 2.75 bits per heavy atom. The zero-order valence-corrected chi connectivity index (χ0v) is 13.5. The van der Waals surface area contributed by atoms with E-state index >= 15 is 0 Å². The van der Waals surface area contributed by atoms with Crippen molar-refractivity contribution in [1.82, 2.24) is 10.3 Å². The summed E-state index contributed by atoms with van der Waals surface area (Å²) < 4.78 is 37.4. The molecule has 1 aliphatic carbocycles. The Morgan fingerprint density at radius 1 is 1.25 bits per heavy atom. The van der Waals surface area contributed by atoms with Crippen LogP contribution >= 0.6 is 11.8 Å². The summed E-state index contributed by atoms with van der Waals surface area (Å²) in [7, 11) is 0. The maximum absolute atomic E-state index is 12.5. The number of hydrogen-bond donors (Lipinski definition) is 1. The number of aromatic nitrogens is 1. The lowest BCUT2D eigenvalue weighted by atomic mass is 10.1. The van der Waals surface area contributed by atoms with Gasteiger partial charge in [-0.15, -0.1) is 0 Å². The lowest BCUT2D eigenvalue weighted by Gasteiger charge is -2.14. The molecule has 1 unspecified atom stereocenters. The maximum Gasteiger partial charge on any atom is 0.417 e. The Kier molecular flexibility index (Phi) is 4.80. The highest BCUT2D eigenvalue weighted by Crippen LogP contribution is 2.31. The molecule has 1 N–H and O–H groups in total. The second-order valence-corrected chi connectivity index (χ2v) is 6.52. The van der Waals surface area contributed by atoms with Crippen molar-refractivity contribution < 1.29 is 18.0 Å². The average molecular weight is 352 g/mol. The molecule has 0 radical (unpaired) electrons. The number of thioether (sulfide) groups is 1. The van der Waals surface area contributed by atoms with Crippen LogP contribution in [-0.2, 0) is 17.4 Å². The van der Waals surface area contributed by atoms with Gasteiger partial charge in [-0.1, -0.05) is 36.0 Å². The van der Waals surface area contributed by atoms with Crippen molar-refractivity contribution in [1.29, 1.82) is 0 Å². The van der Waals surface area contributed by atoms with Crippen molar-refractivity contribution in [3.8, 4) is 0 Å². The van der Waals surface area contributed by atoms with E-state index in [9.17, 15) is 18.0 Å². The van der Waals surface area contributed by atoms with E-state index in [0.29, 0.717) is 5.03 Å². The molecule has 2 aromatic rings. The summed E-state index contributed by atoms with van der Waals surface area (Å²) in [6.45, 7) is 0. The Bertz CT molecular complexity index is 731. The van der Waals surface area contributed by atoms with Crippen LogP contribution in [0.5, 0.6) is 0 Å². The van der Waals surface area contributed by atoms with Crippen LogP contribution in [0.25, 0.3) is 0 Å². The molecule has 7 heteroatoms. The van der Waals surface area contributed by atoms with E-state index in [2.05, 4.69) is 16.4 Å². The van der Waals surface area contributed by atoms with Crippen LogP contribution in [0.2, 0.25) is 0 Å². The number of benzene rings is 1. The van der Waals surface area contributed by atoms with Gasteiger partial charge < -0.3 is 5.32 Å². The number of nitrogens with one attached hydrogen (secondary N) is 1. The van der Waals surface area contributed by atoms with Crippen LogP contribution in [0.3, 0.4) is 0 Å². The molecule has 0 saturated carbocycles. The van der Waals surface area contributed by atoms with Crippen LogP contribution in [0.1, 0.15) is 29.2 Å². The predicted octanol–water partition coefficient (Wildman–Crippen LogP) is 4.00. The van der Waals surface area contributed by atoms with Gasteiger partial charge in [0.05, 0.1) is 22.4 Å². The second-order valence-electron chi connectivity index (χ2n) is 5.53. The lowest BCUT2D eigenvalue weighted by Crippen LogP contribution is -2.28. The number of amides is 1. The molecule has 1 atom stereocenters. The minimum absolute atomic E-state index is 0.00913. The summed E-state index contributed by atoms with van der Waals surface area (Å²) in [5.41, 5.74) is 1.60. The van der Waals surface area contributed by atoms with Gasteiger partial charge >= 0.3 is 6.18 Å². The van der Waals surface area contributed by atoms with E-state index in [4.69, 9.17) is 0 Å². The molecule has 0 fully saturated rings. The first-order valence-electron chi connectivity index (χ1n) is 7.47. The first-order valence-corrected chi connectivity index (χ1v) is 8.45. The molecule has 1 aliphatic rings. The quantitative estimate of drug-likeness (QED) is 0.846. The molecular formula is C17H15F3N2OS. The number of carbonyl (C=O) groups is 1. The fourth-order valence-corrected chi connectivity index (χ4v) is 3.37. The number of halogens is 3. The SMILES string of the molecule is O=C(CSc1ccc(C(F)(F)F)cn1)NC1CCc2ccccc21. The minimum atomic E-state index is -4.40. The molecule has 0 bridgehead atoms. The largest absolute Gasteiger partial charge is 0.417 e. The Balaban J connectivity index is 1.53. The summed E-state index contributed by atoms with van der Waals surface area (Å²) in [5.74, 6) is -0.0276. The molecule has 0 aliphatic heterocycles. The van der Waals surface area contributed by atoms with Crippen molar-refractivity contribution >= 4 is 17.7 Å². The number of rotatable bonds is 4. The zero-order valence-electron chi connectivity index (χ0n) is 12.6. The van der Waals surface area contributed by atoms with Crippen LogP contribution in [-0.4, -0.2) is 16.6 Å². The van der Waals surface area contributed by atoms with Crippen LogP contribution in [0.15, 0.2) is 47.6 Å². The third-order valence-corrected chi connectivity index (χ3v) is 4.83. The molecule has 0 spiro atoms. The van der Waals surface area contributed by atoms with E-state index < -0.39 is 11.7 Å². The van der Waals surface area contributed by atoms with Crippen molar-refractivity contribution in [3.05, 3.63) is 59.3 Å². The van der Waals surface area contributed by atoms with Crippen LogP contribution in [0.4, 0.5) is 13.2 Å².